The summed E-state index contributed by atoms with van der Waals surface area (Å²) in [6.45, 7) is 4.12. The Hall–Kier alpha value is -2.06. The van der Waals surface area contributed by atoms with Crippen molar-refractivity contribution in [2.45, 2.75) is 24.8 Å². The van der Waals surface area contributed by atoms with Crippen LogP contribution in [-0.2, 0) is 10.0 Å². The molecule has 2 aromatic rings. The number of nitrogens with one attached hydrogen (secondary N) is 1. The van der Waals surface area contributed by atoms with Gasteiger partial charge >= 0.3 is 6.03 Å². The Bertz CT molecular complexity index is 872. The first-order valence-electron chi connectivity index (χ1n) is 8.04. The van der Waals surface area contributed by atoms with Gasteiger partial charge in [0, 0.05) is 17.1 Å². The molecule has 1 atom stereocenters. The van der Waals surface area contributed by atoms with E-state index in [4.69, 9.17) is 4.74 Å². The average Bonchev–Trinajstić information content (AvgIpc) is 2.63. The van der Waals surface area contributed by atoms with Crippen LogP contribution in [0.3, 0.4) is 0 Å². The monoisotopic (exact) mass is 440 g/mol. The highest BCUT2D eigenvalue weighted by molar-refractivity contribution is 9.10. The van der Waals surface area contributed by atoms with Crippen molar-refractivity contribution in [3.05, 3.63) is 58.6 Å². The molecule has 1 unspecified atom stereocenters. The maximum atomic E-state index is 12.5. The number of nitrogens with zero attached hydrogens (tertiary/aromatic N) is 1. The number of rotatable bonds is 6. The minimum Gasteiger partial charge on any atom is -0.494 e. The number of urea groups is 1. The van der Waals surface area contributed by atoms with E-state index in [0.717, 1.165) is 10.0 Å². The van der Waals surface area contributed by atoms with Crippen molar-refractivity contribution in [2.75, 3.05) is 13.7 Å². The molecule has 0 aromatic heterocycles. The van der Waals surface area contributed by atoms with Crippen molar-refractivity contribution in [3.8, 4) is 5.75 Å². The Balaban J connectivity index is 2.20. The van der Waals surface area contributed by atoms with Gasteiger partial charge < -0.3 is 10.1 Å². The molecule has 6 nitrogen and oxygen atoms in total. The number of amides is 2. The molecule has 0 radical (unpaired) electrons. The van der Waals surface area contributed by atoms with Crippen LogP contribution in [0.5, 0.6) is 5.75 Å². The normalized spacial score (nSPS) is 12.3. The number of benzene rings is 2. The van der Waals surface area contributed by atoms with Gasteiger partial charge in [-0.05, 0) is 44.2 Å². The van der Waals surface area contributed by atoms with E-state index in [1.807, 2.05) is 19.1 Å². The van der Waals surface area contributed by atoms with E-state index in [1.54, 1.807) is 31.2 Å². The van der Waals surface area contributed by atoms with E-state index in [1.165, 1.54) is 19.2 Å². The molecule has 26 heavy (non-hydrogen) atoms. The van der Waals surface area contributed by atoms with Crippen LogP contribution in [0, 0.1) is 0 Å². The van der Waals surface area contributed by atoms with Gasteiger partial charge in [-0.2, -0.15) is 0 Å². The molecule has 0 aliphatic rings. The summed E-state index contributed by atoms with van der Waals surface area (Å²) in [5.74, 6) is 0.636. The quantitative estimate of drug-likeness (QED) is 0.737. The maximum Gasteiger partial charge on any atom is 0.331 e. The van der Waals surface area contributed by atoms with Crippen LogP contribution in [0.1, 0.15) is 25.5 Å². The summed E-state index contributed by atoms with van der Waals surface area (Å²) < 4.78 is 32.2. The summed E-state index contributed by atoms with van der Waals surface area (Å²) >= 11 is 3.40. The molecule has 1 N–H and O–H groups in total. The Morgan fingerprint density at radius 1 is 1.23 bits per heavy atom. The molecule has 2 aromatic carbocycles. The predicted octanol–water partition coefficient (Wildman–Crippen LogP) is 3.94. The molecular formula is C18H21BrN2O4S. The van der Waals surface area contributed by atoms with Gasteiger partial charge in [0.2, 0.25) is 0 Å². The predicted molar refractivity (Wildman–Crippen MR) is 104 cm³/mol. The van der Waals surface area contributed by atoms with Gasteiger partial charge in [0.1, 0.15) is 5.75 Å². The first-order chi connectivity index (χ1) is 12.3. The van der Waals surface area contributed by atoms with E-state index >= 15 is 0 Å². The summed E-state index contributed by atoms with van der Waals surface area (Å²) in [7, 11) is -2.68. The highest BCUT2D eigenvalue weighted by atomic mass is 79.9. The number of sulfonamides is 1. The summed E-state index contributed by atoms with van der Waals surface area (Å²) in [5.41, 5.74) is 0.750. The fourth-order valence-electron chi connectivity index (χ4n) is 2.36. The first kappa shape index (κ1) is 20.3. The smallest absolute Gasteiger partial charge is 0.331 e. The molecule has 0 saturated carbocycles. The number of carbonyl (C=O) groups is 1. The van der Waals surface area contributed by atoms with Gasteiger partial charge in [-0.15, -0.1) is 0 Å². The molecule has 140 valence electrons. The van der Waals surface area contributed by atoms with Crippen LogP contribution in [0.4, 0.5) is 4.79 Å². The summed E-state index contributed by atoms with van der Waals surface area (Å²) in [6, 6.07) is 12.1. The third-order valence-electron chi connectivity index (χ3n) is 3.77. The van der Waals surface area contributed by atoms with Crippen molar-refractivity contribution < 1.29 is 17.9 Å². The SMILES string of the molecule is CCOc1ccc(Br)cc1C(C)NC(=O)N(C)S(=O)(=O)c1ccccc1. The lowest BCUT2D eigenvalue weighted by Gasteiger charge is -2.23. The van der Waals surface area contributed by atoms with E-state index < -0.39 is 22.1 Å². The Morgan fingerprint density at radius 2 is 1.88 bits per heavy atom. The van der Waals surface area contributed by atoms with Gasteiger partial charge in [-0.3, -0.25) is 0 Å². The Morgan fingerprint density at radius 3 is 2.50 bits per heavy atom. The third-order valence-corrected chi connectivity index (χ3v) is 6.01. The van der Waals surface area contributed by atoms with E-state index in [-0.39, 0.29) is 4.90 Å². The fourth-order valence-corrected chi connectivity index (χ4v) is 3.83. The van der Waals surface area contributed by atoms with Gasteiger partial charge in [0.05, 0.1) is 17.5 Å². The number of hydrogen-bond acceptors (Lipinski definition) is 4. The van der Waals surface area contributed by atoms with Crippen molar-refractivity contribution in [2.24, 2.45) is 0 Å². The first-order valence-corrected chi connectivity index (χ1v) is 10.3. The second kappa shape index (κ2) is 8.55. The second-order valence-corrected chi connectivity index (χ2v) is 8.46. The average molecular weight is 441 g/mol. The van der Waals surface area contributed by atoms with Gasteiger partial charge in [-0.1, -0.05) is 34.1 Å². The minimum atomic E-state index is -3.91. The molecule has 0 aliphatic carbocycles. The largest absolute Gasteiger partial charge is 0.494 e. The van der Waals surface area contributed by atoms with Crippen molar-refractivity contribution in [1.82, 2.24) is 9.62 Å². The molecule has 0 saturated heterocycles. The maximum absolute atomic E-state index is 12.5. The standard InChI is InChI=1S/C18H21BrN2O4S/c1-4-25-17-11-10-14(19)12-16(17)13(2)20-18(22)21(3)26(23,24)15-8-6-5-7-9-15/h5-13H,4H2,1-3H3,(H,20,22). The highest BCUT2D eigenvalue weighted by Gasteiger charge is 2.27. The molecule has 0 bridgehead atoms. The zero-order chi connectivity index (χ0) is 19.3. The highest BCUT2D eigenvalue weighted by Crippen LogP contribution is 2.29. The van der Waals surface area contributed by atoms with Crippen LogP contribution in [0.2, 0.25) is 0 Å². The van der Waals surface area contributed by atoms with E-state index in [9.17, 15) is 13.2 Å². The second-order valence-electron chi connectivity index (χ2n) is 5.57. The lowest BCUT2D eigenvalue weighted by molar-refractivity contribution is 0.224. The Kier molecular flexibility index (Phi) is 6.66. The van der Waals surface area contributed by atoms with Crippen LogP contribution in [0.25, 0.3) is 0 Å². The topological polar surface area (TPSA) is 75.7 Å². The molecule has 8 heteroatoms. The van der Waals surface area contributed by atoms with Crippen LogP contribution in [-0.4, -0.2) is 32.4 Å². The van der Waals surface area contributed by atoms with Crippen LogP contribution in [0.15, 0.2) is 57.9 Å². The van der Waals surface area contributed by atoms with Crippen LogP contribution < -0.4 is 10.1 Å². The molecule has 0 fully saturated rings. The molecule has 0 spiro atoms. The molecule has 2 rings (SSSR count). The van der Waals surface area contributed by atoms with Crippen molar-refractivity contribution in [1.29, 1.82) is 0 Å². The fraction of sp³-hybridized carbons (Fsp3) is 0.278. The van der Waals surface area contributed by atoms with E-state index in [0.29, 0.717) is 16.7 Å². The van der Waals surface area contributed by atoms with Crippen molar-refractivity contribution in [3.63, 3.8) is 0 Å². The molecule has 0 aliphatic heterocycles. The third kappa shape index (κ3) is 4.56. The summed E-state index contributed by atoms with van der Waals surface area (Å²) in [5, 5.41) is 2.70. The summed E-state index contributed by atoms with van der Waals surface area (Å²) in [4.78, 5) is 12.5. The lowest BCUT2D eigenvalue weighted by Crippen LogP contribution is -2.42. The zero-order valence-corrected chi connectivity index (χ0v) is 17.2. The van der Waals surface area contributed by atoms with Gasteiger partial charge in [-0.25, -0.2) is 17.5 Å². The lowest BCUT2D eigenvalue weighted by atomic mass is 10.1. The molecular weight excluding hydrogens is 420 g/mol. The molecule has 2 amide bonds. The van der Waals surface area contributed by atoms with Gasteiger partial charge in [0.15, 0.2) is 0 Å². The van der Waals surface area contributed by atoms with Gasteiger partial charge in [0.25, 0.3) is 10.0 Å². The number of halogens is 1. The van der Waals surface area contributed by atoms with E-state index in [2.05, 4.69) is 21.2 Å². The van der Waals surface area contributed by atoms with Crippen molar-refractivity contribution >= 4 is 32.0 Å². The summed E-state index contributed by atoms with van der Waals surface area (Å²) in [6.07, 6.45) is 0. The zero-order valence-electron chi connectivity index (χ0n) is 14.8. The van der Waals surface area contributed by atoms with Crippen LogP contribution >= 0.6 is 15.9 Å². The number of hydrogen-bond donors (Lipinski definition) is 1. The molecule has 0 heterocycles. The Labute approximate surface area is 162 Å². The number of ether oxygens (including phenoxy) is 1. The minimum absolute atomic E-state index is 0.0581. The number of carbonyl (C=O) groups excluding carboxylic acids is 1.